The maximum atomic E-state index is 15.5. The standard InChI is InChI=1S/C28H34ClF2N5O4/c1-26(2,3)39-24(37)33-17-11-28(17)8-9-36(13-28)22-14(29)12-32-23-19(22)18-20(31)15(30)10-16(21(18)34-23)35(7)25(38)40-27(4,5)6/h10,12,17H,8-9,11,13H2,1-7H3,(H,32,34)(H,33,37). The number of anilines is 2. The van der Waals surface area contributed by atoms with E-state index in [1.807, 2.05) is 25.7 Å². The topological polar surface area (TPSA) is 99.8 Å². The van der Waals surface area contributed by atoms with E-state index in [-0.39, 0.29) is 33.1 Å². The third-order valence-corrected chi connectivity index (χ3v) is 7.59. The van der Waals surface area contributed by atoms with Gasteiger partial charge in [-0.2, -0.15) is 0 Å². The molecule has 40 heavy (non-hydrogen) atoms. The third kappa shape index (κ3) is 5.11. The average molecular weight is 578 g/mol. The van der Waals surface area contributed by atoms with Crippen molar-refractivity contribution in [3.63, 3.8) is 0 Å². The number of aromatic nitrogens is 2. The largest absolute Gasteiger partial charge is 0.444 e. The van der Waals surface area contributed by atoms with Gasteiger partial charge in [0.05, 0.1) is 38.9 Å². The van der Waals surface area contributed by atoms with Crippen LogP contribution in [-0.4, -0.2) is 59.5 Å². The highest BCUT2D eigenvalue weighted by molar-refractivity contribution is 6.36. The normalized spacial score (nSPS) is 20.9. The second-order valence-electron chi connectivity index (χ2n) is 12.7. The number of H-pyrrole nitrogens is 1. The molecule has 1 aromatic carbocycles. The van der Waals surface area contributed by atoms with Crippen molar-refractivity contribution >= 4 is 57.1 Å². The van der Waals surface area contributed by atoms with Gasteiger partial charge in [0.25, 0.3) is 0 Å². The lowest BCUT2D eigenvalue weighted by Crippen LogP contribution is -2.36. The Morgan fingerprint density at radius 3 is 2.50 bits per heavy atom. The summed E-state index contributed by atoms with van der Waals surface area (Å²) >= 11 is 6.66. The molecule has 2 atom stereocenters. The van der Waals surface area contributed by atoms with Crippen LogP contribution in [0, 0.1) is 17.0 Å². The number of ether oxygens (including phenoxy) is 2. The van der Waals surface area contributed by atoms with Crippen LogP contribution >= 0.6 is 11.6 Å². The molecule has 2 N–H and O–H groups in total. The zero-order chi connectivity index (χ0) is 29.4. The van der Waals surface area contributed by atoms with E-state index in [4.69, 9.17) is 21.1 Å². The van der Waals surface area contributed by atoms with Gasteiger partial charge in [0, 0.05) is 37.7 Å². The first-order chi connectivity index (χ1) is 18.5. The quantitative estimate of drug-likeness (QED) is 0.368. The number of nitrogens with zero attached hydrogens (tertiary/aromatic N) is 3. The van der Waals surface area contributed by atoms with Crippen molar-refractivity contribution in [2.75, 3.05) is 29.9 Å². The second kappa shape index (κ2) is 9.36. The number of halogens is 3. The Hall–Kier alpha value is -3.34. The number of benzene rings is 1. The van der Waals surface area contributed by atoms with Crippen molar-refractivity contribution in [2.45, 2.75) is 71.6 Å². The maximum Gasteiger partial charge on any atom is 0.414 e. The lowest BCUT2D eigenvalue weighted by molar-refractivity contribution is 0.0515. The second-order valence-corrected chi connectivity index (χ2v) is 13.1. The van der Waals surface area contributed by atoms with Gasteiger partial charge in [-0.15, -0.1) is 0 Å². The zero-order valence-corrected chi connectivity index (χ0v) is 24.4. The molecule has 2 aliphatic rings. The molecule has 1 aliphatic carbocycles. The number of carbonyl (C=O) groups is 2. The van der Waals surface area contributed by atoms with Crippen molar-refractivity contribution in [1.29, 1.82) is 0 Å². The number of hydrogen-bond donors (Lipinski definition) is 2. The zero-order valence-electron chi connectivity index (χ0n) is 23.7. The van der Waals surface area contributed by atoms with Gasteiger partial charge in [0.15, 0.2) is 11.6 Å². The lowest BCUT2D eigenvalue weighted by atomic mass is 10.1. The van der Waals surface area contributed by atoms with Gasteiger partial charge in [-0.25, -0.2) is 23.4 Å². The highest BCUT2D eigenvalue weighted by Crippen LogP contribution is 2.55. The smallest absolute Gasteiger partial charge is 0.414 e. The van der Waals surface area contributed by atoms with Crippen molar-refractivity contribution < 1.29 is 27.8 Å². The molecular formula is C28H34ClF2N5O4. The number of fused-ring (bicyclic) bond motifs is 3. The minimum absolute atomic E-state index is 0.0504. The molecule has 2 aromatic heterocycles. The average Bonchev–Trinajstić information content (AvgIpc) is 3.13. The van der Waals surface area contributed by atoms with E-state index in [0.29, 0.717) is 29.8 Å². The van der Waals surface area contributed by atoms with Gasteiger partial charge >= 0.3 is 12.2 Å². The van der Waals surface area contributed by atoms with Gasteiger partial charge in [-0.05, 0) is 54.4 Å². The highest BCUT2D eigenvalue weighted by atomic mass is 35.5. The number of carbonyl (C=O) groups excluding carboxylic acids is 2. The first-order valence-electron chi connectivity index (χ1n) is 13.2. The third-order valence-electron chi connectivity index (χ3n) is 7.31. The lowest BCUT2D eigenvalue weighted by Gasteiger charge is -2.25. The van der Waals surface area contributed by atoms with Crippen LogP contribution in [0.5, 0.6) is 0 Å². The van der Waals surface area contributed by atoms with Gasteiger partial charge in [-0.1, -0.05) is 11.6 Å². The molecule has 1 spiro atoms. The van der Waals surface area contributed by atoms with E-state index in [0.717, 1.165) is 23.8 Å². The Bertz CT molecular complexity index is 1530. The van der Waals surface area contributed by atoms with Crippen LogP contribution in [0.25, 0.3) is 21.9 Å². The first-order valence-corrected chi connectivity index (χ1v) is 13.6. The molecule has 3 heterocycles. The fraction of sp³-hybridized carbons (Fsp3) is 0.536. The number of rotatable bonds is 3. The maximum absolute atomic E-state index is 15.5. The van der Waals surface area contributed by atoms with Gasteiger partial charge in [-0.3, -0.25) is 4.90 Å². The Morgan fingerprint density at radius 1 is 1.18 bits per heavy atom. The number of aromatic amines is 1. The summed E-state index contributed by atoms with van der Waals surface area (Å²) in [4.78, 5) is 35.7. The monoisotopic (exact) mass is 577 g/mol. The van der Waals surface area contributed by atoms with E-state index >= 15 is 8.78 Å². The van der Waals surface area contributed by atoms with Gasteiger partial charge in [0.2, 0.25) is 0 Å². The summed E-state index contributed by atoms with van der Waals surface area (Å²) in [6.45, 7) is 11.7. The van der Waals surface area contributed by atoms with E-state index in [9.17, 15) is 9.59 Å². The number of nitrogens with one attached hydrogen (secondary N) is 2. The number of hydrogen-bond acceptors (Lipinski definition) is 6. The molecule has 2 unspecified atom stereocenters. The van der Waals surface area contributed by atoms with Crippen molar-refractivity contribution in [2.24, 2.45) is 5.41 Å². The summed E-state index contributed by atoms with van der Waals surface area (Å²) in [7, 11) is 1.43. The van der Waals surface area contributed by atoms with Crippen LogP contribution in [0.1, 0.15) is 54.4 Å². The number of amides is 2. The summed E-state index contributed by atoms with van der Waals surface area (Å²) in [5.41, 5.74) is -0.432. The van der Waals surface area contributed by atoms with Crippen LogP contribution in [-0.2, 0) is 9.47 Å². The summed E-state index contributed by atoms with van der Waals surface area (Å²) < 4.78 is 41.4. The van der Waals surface area contributed by atoms with Crippen molar-refractivity contribution in [1.82, 2.24) is 15.3 Å². The molecular weight excluding hydrogens is 544 g/mol. The molecule has 9 nitrogen and oxygen atoms in total. The fourth-order valence-corrected chi connectivity index (χ4v) is 5.71. The molecule has 0 radical (unpaired) electrons. The Balaban J connectivity index is 1.52. The molecule has 1 saturated carbocycles. The van der Waals surface area contributed by atoms with E-state index < -0.39 is 35.0 Å². The molecule has 1 aliphatic heterocycles. The minimum atomic E-state index is -1.12. The Kier molecular flexibility index (Phi) is 6.60. The molecule has 3 aromatic rings. The van der Waals surface area contributed by atoms with Crippen LogP contribution in [0.3, 0.4) is 0 Å². The van der Waals surface area contributed by atoms with Crippen molar-refractivity contribution in [3.8, 4) is 0 Å². The minimum Gasteiger partial charge on any atom is -0.444 e. The van der Waals surface area contributed by atoms with Crippen LogP contribution < -0.4 is 15.1 Å². The van der Waals surface area contributed by atoms with E-state index in [1.165, 1.54) is 13.2 Å². The molecule has 0 bridgehead atoms. The van der Waals surface area contributed by atoms with E-state index in [2.05, 4.69) is 15.3 Å². The van der Waals surface area contributed by atoms with E-state index in [1.54, 1.807) is 20.8 Å². The van der Waals surface area contributed by atoms with Crippen LogP contribution in [0.2, 0.25) is 5.02 Å². The SMILES string of the molecule is CN(C(=O)OC(C)(C)C)c1cc(F)c(F)c2c1[nH]c1ncc(Cl)c(N3CCC4(CC4NC(=O)OC(C)(C)C)C3)c12. The van der Waals surface area contributed by atoms with Crippen LogP contribution in [0.4, 0.5) is 29.7 Å². The molecule has 12 heteroatoms. The van der Waals surface area contributed by atoms with Gasteiger partial charge in [0.1, 0.15) is 16.8 Å². The summed E-state index contributed by atoms with van der Waals surface area (Å²) in [6.07, 6.45) is 1.83. The fourth-order valence-electron chi connectivity index (χ4n) is 5.44. The molecule has 2 fully saturated rings. The highest BCUT2D eigenvalue weighted by Gasteiger charge is 2.58. The predicted molar refractivity (Wildman–Crippen MR) is 150 cm³/mol. The molecule has 5 rings (SSSR count). The first kappa shape index (κ1) is 28.2. The molecule has 2 amide bonds. The number of pyridine rings is 1. The van der Waals surface area contributed by atoms with Crippen molar-refractivity contribution in [3.05, 3.63) is 28.9 Å². The summed E-state index contributed by atoms with van der Waals surface area (Å²) in [6, 6.07) is 0.898. The summed E-state index contributed by atoms with van der Waals surface area (Å²) in [5.74, 6) is -2.19. The van der Waals surface area contributed by atoms with Gasteiger partial charge < -0.3 is 24.7 Å². The number of alkyl carbamates (subject to hydrolysis) is 1. The van der Waals surface area contributed by atoms with Crippen LogP contribution in [0.15, 0.2) is 12.3 Å². The Labute approximate surface area is 236 Å². The Morgan fingerprint density at radius 2 is 1.85 bits per heavy atom. The molecule has 1 saturated heterocycles. The summed E-state index contributed by atoms with van der Waals surface area (Å²) in [5, 5.41) is 3.52. The molecule has 216 valence electrons. The predicted octanol–water partition coefficient (Wildman–Crippen LogP) is 6.51.